The summed E-state index contributed by atoms with van der Waals surface area (Å²) in [6.07, 6.45) is 1.90. The molecule has 0 amide bonds. The van der Waals surface area contributed by atoms with Crippen LogP contribution in [0.2, 0.25) is 0 Å². The van der Waals surface area contributed by atoms with Crippen LogP contribution in [0.1, 0.15) is 0 Å². The van der Waals surface area contributed by atoms with Gasteiger partial charge >= 0.3 is 0 Å². The standard InChI is InChI=1S/C11H14BrN3O/c1-16-10-2-8(4-14-11(10)12)15-6-7-3-13-5-9(7)15/h2,4,7,9,13H,3,5-6H2,1H3/t7-,9-/m0/s1. The molecule has 2 atom stereocenters. The average Bonchev–Trinajstić information content (AvgIpc) is 2.63. The molecular weight excluding hydrogens is 270 g/mol. The van der Waals surface area contributed by atoms with Gasteiger partial charge < -0.3 is 15.0 Å². The minimum Gasteiger partial charge on any atom is -0.494 e. The van der Waals surface area contributed by atoms with Gasteiger partial charge in [0.2, 0.25) is 0 Å². The van der Waals surface area contributed by atoms with E-state index in [0.29, 0.717) is 6.04 Å². The highest BCUT2D eigenvalue weighted by Crippen LogP contribution is 2.35. The molecule has 0 bridgehead atoms. The van der Waals surface area contributed by atoms with Crippen molar-refractivity contribution in [1.29, 1.82) is 0 Å². The second-order valence-electron chi connectivity index (χ2n) is 4.32. The predicted octanol–water partition coefficient (Wildman–Crippen LogP) is 1.26. The normalized spacial score (nSPS) is 27.5. The van der Waals surface area contributed by atoms with Gasteiger partial charge in [-0.25, -0.2) is 4.98 Å². The van der Waals surface area contributed by atoms with Gasteiger partial charge in [0.25, 0.3) is 0 Å². The van der Waals surface area contributed by atoms with E-state index in [1.807, 2.05) is 12.3 Å². The van der Waals surface area contributed by atoms with Crippen molar-refractivity contribution >= 4 is 21.6 Å². The summed E-state index contributed by atoms with van der Waals surface area (Å²) in [7, 11) is 1.67. The number of fused-ring (bicyclic) bond motifs is 1. The highest BCUT2D eigenvalue weighted by Gasteiger charge is 2.42. The lowest BCUT2D eigenvalue weighted by Gasteiger charge is -2.45. The Bertz CT molecular complexity index is 412. The van der Waals surface area contributed by atoms with Crippen molar-refractivity contribution in [2.75, 3.05) is 31.6 Å². The molecule has 0 aromatic carbocycles. The maximum absolute atomic E-state index is 5.26. The first kappa shape index (κ1) is 10.4. The highest BCUT2D eigenvalue weighted by molar-refractivity contribution is 9.10. The molecule has 5 heteroatoms. The van der Waals surface area contributed by atoms with E-state index in [1.165, 1.54) is 0 Å². The van der Waals surface area contributed by atoms with Gasteiger partial charge in [0.15, 0.2) is 5.75 Å². The van der Waals surface area contributed by atoms with Crippen LogP contribution in [0.25, 0.3) is 0 Å². The molecule has 2 saturated heterocycles. The minimum absolute atomic E-state index is 0.646. The van der Waals surface area contributed by atoms with Crippen LogP contribution in [-0.4, -0.2) is 37.8 Å². The quantitative estimate of drug-likeness (QED) is 0.830. The van der Waals surface area contributed by atoms with Crippen molar-refractivity contribution < 1.29 is 4.74 Å². The Balaban J connectivity index is 1.84. The second-order valence-corrected chi connectivity index (χ2v) is 5.08. The van der Waals surface area contributed by atoms with Gasteiger partial charge in [0.05, 0.1) is 19.0 Å². The smallest absolute Gasteiger partial charge is 0.153 e. The summed E-state index contributed by atoms with van der Waals surface area (Å²) in [6, 6.07) is 2.69. The Morgan fingerprint density at radius 2 is 2.44 bits per heavy atom. The third-order valence-corrected chi connectivity index (χ3v) is 4.08. The highest BCUT2D eigenvalue weighted by atomic mass is 79.9. The van der Waals surface area contributed by atoms with Crippen molar-refractivity contribution in [1.82, 2.24) is 10.3 Å². The molecule has 1 N–H and O–H groups in total. The molecule has 4 nitrogen and oxygen atoms in total. The molecule has 3 rings (SSSR count). The van der Waals surface area contributed by atoms with E-state index in [2.05, 4.69) is 31.1 Å². The van der Waals surface area contributed by atoms with Crippen molar-refractivity contribution in [3.8, 4) is 5.75 Å². The minimum atomic E-state index is 0.646. The summed E-state index contributed by atoms with van der Waals surface area (Å²) in [4.78, 5) is 6.69. The number of nitrogens with zero attached hydrogens (tertiary/aromatic N) is 2. The molecule has 0 spiro atoms. The number of aromatic nitrogens is 1. The first-order valence-corrected chi connectivity index (χ1v) is 6.26. The largest absolute Gasteiger partial charge is 0.494 e. The lowest BCUT2D eigenvalue weighted by molar-refractivity contribution is 0.363. The number of hydrogen-bond donors (Lipinski definition) is 1. The fourth-order valence-corrected chi connectivity index (χ4v) is 2.91. The number of pyridine rings is 1. The van der Waals surface area contributed by atoms with E-state index in [-0.39, 0.29) is 0 Å². The van der Waals surface area contributed by atoms with Crippen LogP contribution in [0.4, 0.5) is 5.69 Å². The summed E-state index contributed by atoms with van der Waals surface area (Å²) < 4.78 is 6.03. The van der Waals surface area contributed by atoms with Gasteiger partial charge in [0.1, 0.15) is 4.60 Å². The Labute approximate surface area is 103 Å². The Kier molecular flexibility index (Phi) is 2.52. The number of ether oxygens (including phenoxy) is 1. The van der Waals surface area contributed by atoms with Crippen LogP contribution in [0.3, 0.4) is 0 Å². The zero-order valence-electron chi connectivity index (χ0n) is 9.11. The van der Waals surface area contributed by atoms with Gasteiger partial charge in [-0.2, -0.15) is 0 Å². The Morgan fingerprint density at radius 1 is 1.56 bits per heavy atom. The molecule has 86 valence electrons. The summed E-state index contributed by atoms with van der Waals surface area (Å²) in [5.74, 6) is 1.61. The van der Waals surface area contributed by atoms with Crippen molar-refractivity contribution in [2.45, 2.75) is 6.04 Å². The van der Waals surface area contributed by atoms with E-state index in [9.17, 15) is 0 Å². The molecule has 2 aliphatic rings. The number of hydrogen-bond acceptors (Lipinski definition) is 4. The molecule has 1 aromatic heterocycles. The molecule has 16 heavy (non-hydrogen) atoms. The van der Waals surface area contributed by atoms with Crippen molar-refractivity contribution in [3.05, 3.63) is 16.9 Å². The summed E-state index contributed by atoms with van der Waals surface area (Å²) in [5.41, 5.74) is 1.16. The molecule has 0 aliphatic carbocycles. The maximum Gasteiger partial charge on any atom is 0.153 e. The third kappa shape index (κ3) is 1.50. The Morgan fingerprint density at radius 3 is 3.19 bits per heavy atom. The van der Waals surface area contributed by atoms with Crippen LogP contribution in [-0.2, 0) is 0 Å². The first-order chi connectivity index (χ1) is 7.79. The molecule has 2 fully saturated rings. The molecule has 0 radical (unpaired) electrons. The number of methoxy groups -OCH3 is 1. The van der Waals surface area contributed by atoms with E-state index < -0.39 is 0 Å². The lowest BCUT2D eigenvalue weighted by atomic mass is 9.91. The zero-order chi connectivity index (χ0) is 11.1. The van der Waals surface area contributed by atoms with Gasteiger partial charge in [0, 0.05) is 37.7 Å². The van der Waals surface area contributed by atoms with Gasteiger partial charge in [-0.1, -0.05) is 0 Å². The van der Waals surface area contributed by atoms with Gasteiger partial charge in [-0.3, -0.25) is 0 Å². The first-order valence-electron chi connectivity index (χ1n) is 5.46. The number of halogens is 1. The Hall–Kier alpha value is -0.810. The fraction of sp³-hybridized carbons (Fsp3) is 0.545. The monoisotopic (exact) mass is 283 g/mol. The number of anilines is 1. The summed E-state index contributed by atoms with van der Waals surface area (Å²) in [6.45, 7) is 3.37. The molecule has 0 unspecified atom stereocenters. The van der Waals surface area contributed by atoms with E-state index >= 15 is 0 Å². The van der Waals surface area contributed by atoms with E-state index in [0.717, 1.165) is 41.6 Å². The van der Waals surface area contributed by atoms with Crippen molar-refractivity contribution in [3.63, 3.8) is 0 Å². The topological polar surface area (TPSA) is 37.4 Å². The number of nitrogens with one attached hydrogen (secondary N) is 1. The van der Waals surface area contributed by atoms with Crippen LogP contribution >= 0.6 is 15.9 Å². The average molecular weight is 284 g/mol. The van der Waals surface area contributed by atoms with Gasteiger partial charge in [-0.05, 0) is 15.9 Å². The van der Waals surface area contributed by atoms with E-state index in [4.69, 9.17) is 4.74 Å². The molecule has 0 saturated carbocycles. The number of rotatable bonds is 2. The van der Waals surface area contributed by atoms with Crippen LogP contribution in [0, 0.1) is 5.92 Å². The summed E-state index contributed by atoms with van der Waals surface area (Å²) >= 11 is 3.37. The van der Waals surface area contributed by atoms with Gasteiger partial charge in [-0.15, -0.1) is 0 Å². The molecule has 1 aromatic rings. The predicted molar refractivity (Wildman–Crippen MR) is 66.0 cm³/mol. The molecule has 2 aliphatic heterocycles. The van der Waals surface area contributed by atoms with E-state index in [1.54, 1.807) is 7.11 Å². The van der Waals surface area contributed by atoms with Crippen LogP contribution in [0.5, 0.6) is 5.75 Å². The van der Waals surface area contributed by atoms with Crippen LogP contribution < -0.4 is 15.0 Å². The SMILES string of the molecule is COc1cc(N2C[C@@H]3CNC[C@@H]32)cnc1Br. The molecular formula is C11H14BrN3O. The van der Waals surface area contributed by atoms with Crippen molar-refractivity contribution in [2.24, 2.45) is 5.92 Å². The second kappa shape index (κ2) is 3.89. The lowest BCUT2D eigenvalue weighted by Crippen LogP contribution is -2.55. The summed E-state index contributed by atoms with van der Waals surface area (Å²) in [5, 5.41) is 3.42. The maximum atomic E-state index is 5.26. The third-order valence-electron chi connectivity index (χ3n) is 3.48. The zero-order valence-corrected chi connectivity index (χ0v) is 10.7. The molecule has 3 heterocycles. The fourth-order valence-electron chi connectivity index (χ4n) is 2.53. The van der Waals surface area contributed by atoms with Crippen LogP contribution in [0.15, 0.2) is 16.9 Å².